The number of aryl methyl sites for hydroxylation is 2. The average molecular weight is 382 g/mol. The number of methoxy groups -OCH3 is 1. The summed E-state index contributed by atoms with van der Waals surface area (Å²) in [6.07, 6.45) is 0. The Morgan fingerprint density at radius 2 is 2.04 bits per heavy atom. The Morgan fingerprint density at radius 3 is 2.72 bits per heavy atom. The third kappa shape index (κ3) is 3.44. The first-order valence-electron chi connectivity index (χ1n) is 7.32. The maximum atomic E-state index is 12.7. The van der Waals surface area contributed by atoms with Crippen LogP contribution in [0.2, 0.25) is 5.02 Å². The number of aromatic nitrogens is 4. The number of para-hydroxylation sites is 1. The highest BCUT2D eigenvalue weighted by molar-refractivity contribution is 7.92. The van der Waals surface area contributed by atoms with Crippen LogP contribution in [0.4, 0.5) is 5.69 Å². The van der Waals surface area contributed by atoms with Gasteiger partial charge in [0.1, 0.15) is 0 Å². The van der Waals surface area contributed by atoms with E-state index in [4.69, 9.17) is 16.3 Å². The maximum absolute atomic E-state index is 12.7. The summed E-state index contributed by atoms with van der Waals surface area (Å²) >= 11 is 6.09. The van der Waals surface area contributed by atoms with Gasteiger partial charge in [-0.3, -0.25) is 4.72 Å². The van der Waals surface area contributed by atoms with Gasteiger partial charge in [0.05, 0.1) is 23.0 Å². The number of fused-ring (bicyclic) bond motifs is 1. The van der Waals surface area contributed by atoms with E-state index in [2.05, 4.69) is 19.8 Å². The quantitative estimate of drug-likeness (QED) is 0.728. The maximum Gasteiger partial charge on any atom is 0.299 e. The van der Waals surface area contributed by atoms with Gasteiger partial charge in [0, 0.05) is 12.8 Å². The number of ether oxygens (including phenoxy) is 1. The van der Waals surface area contributed by atoms with Crippen molar-refractivity contribution in [1.82, 2.24) is 19.6 Å². The van der Waals surface area contributed by atoms with Gasteiger partial charge in [-0.25, -0.2) is 4.98 Å². The molecule has 1 N–H and O–H groups in total. The minimum absolute atomic E-state index is 0.184. The van der Waals surface area contributed by atoms with Gasteiger partial charge in [-0.05, 0) is 31.5 Å². The fourth-order valence-electron chi connectivity index (χ4n) is 2.35. The lowest BCUT2D eigenvalue weighted by molar-refractivity contribution is 0.179. The number of sulfonamides is 1. The molecule has 1 aromatic carbocycles. The van der Waals surface area contributed by atoms with Crippen molar-refractivity contribution < 1.29 is 13.2 Å². The molecule has 0 radical (unpaired) electrons. The van der Waals surface area contributed by atoms with Gasteiger partial charge in [-0.2, -0.15) is 17.9 Å². The Hall–Kier alpha value is -2.23. The minimum atomic E-state index is -4.02. The summed E-state index contributed by atoms with van der Waals surface area (Å²) in [6, 6.07) is 6.85. The van der Waals surface area contributed by atoms with Crippen LogP contribution in [0.3, 0.4) is 0 Å². The van der Waals surface area contributed by atoms with Crippen molar-refractivity contribution in [3.8, 4) is 0 Å². The third-order valence-electron chi connectivity index (χ3n) is 3.49. The fraction of sp³-hybridized carbons (Fsp3) is 0.267. The van der Waals surface area contributed by atoms with Crippen molar-refractivity contribution in [3.63, 3.8) is 0 Å². The molecule has 3 aromatic rings. The molecule has 10 heteroatoms. The van der Waals surface area contributed by atoms with Crippen LogP contribution in [-0.2, 0) is 21.4 Å². The van der Waals surface area contributed by atoms with Gasteiger partial charge in [0.2, 0.25) is 0 Å². The second-order valence-electron chi connectivity index (χ2n) is 5.47. The summed E-state index contributed by atoms with van der Waals surface area (Å²) in [5.74, 6) is 0.184. The van der Waals surface area contributed by atoms with Crippen LogP contribution >= 0.6 is 11.6 Å². The molecule has 0 amide bonds. The molecule has 0 bridgehead atoms. The number of anilines is 1. The molecular formula is C15H16ClN5O3S. The highest BCUT2D eigenvalue weighted by atomic mass is 35.5. The molecule has 0 saturated carbocycles. The van der Waals surface area contributed by atoms with Gasteiger partial charge in [-0.15, -0.1) is 5.10 Å². The zero-order valence-electron chi connectivity index (χ0n) is 13.8. The van der Waals surface area contributed by atoms with Gasteiger partial charge in [0.15, 0.2) is 0 Å². The molecule has 0 aliphatic heterocycles. The molecular weight excluding hydrogens is 366 g/mol. The highest BCUT2D eigenvalue weighted by Crippen LogP contribution is 2.27. The monoisotopic (exact) mass is 381 g/mol. The largest absolute Gasteiger partial charge is 0.378 e. The number of benzene rings is 1. The second-order valence-corrected chi connectivity index (χ2v) is 7.45. The molecule has 0 atom stereocenters. The standard InChI is InChI=1S/C15H16ClN5O3S/c1-9-5-4-6-12(16)13(9)20-25(22,23)15-18-14-17-10(2)7-11(8-24-3)21(14)19-15/h4-7,20H,8H2,1-3H3. The van der Waals surface area contributed by atoms with Gasteiger partial charge in [0.25, 0.3) is 21.0 Å². The Kier molecular flexibility index (Phi) is 4.63. The Balaban J connectivity index is 2.07. The molecule has 0 fully saturated rings. The summed E-state index contributed by atoms with van der Waals surface area (Å²) in [5.41, 5.74) is 2.32. The number of hydrogen-bond donors (Lipinski definition) is 1. The first-order chi connectivity index (χ1) is 11.8. The molecule has 0 aliphatic carbocycles. The number of hydrogen-bond acceptors (Lipinski definition) is 6. The summed E-state index contributed by atoms with van der Waals surface area (Å²) in [5, 5.41) is 3.98. The molecule has 0 spiro atoms. The summed E-state index contributed by atoms with van der Waals surface area (Å²) in [6.45, 7) is 3.79. The second kappa shape index (κ2) is 6.58. The molecule has 25 heavy (non-hydrogen) atoms. The lowest BCUT2D eigenvalue weighted by atomic mass is 10.2. The first-order valence-corrected chi connectivity index (χ1v) is 9.18. The Labute approximate surface area is 149 Å². The first kappa shape index (κ1) is 17.6. The van der Waals surface area contributed by atoms with Crippen LogP contribution in [0.1, 0.15) is 17.0 Å². The predicted octanol–water partition coefficient (Wildman–Crippen LogP) is 2.34. The number of nitrogens with one attached hydrogen (secondary N) is 1. The summed E-state index contributed by atoms with van der Waals surface area (Å²) < 4.78 is 34.2. The van der Waals surface area contributed by atoms with E-state index in [0.717, 1.165) is 0 Å². The van der Waals surface area contributed by atoms with Crippen molar-refractivity contribution in [2.45, 2.75) is 25.6 Å². The van der Waals surface area contributed by atoms with Crippen molar-refractivity contribution in [1.29, 1.82) is 0 Å². The lowest BCUT2D eigenvalue weighted by Crippen LogP contribution is -2.16. The third-order valence-corrected chi connectivity index (χ3v) is 4.93. The topological polar surface area (TPSA) is 98.5 Å². The summed E-state index contributed by atoms with van der Waals surface area (Å²) in [4.78, 5) is 8.25. The molecule has 2 aromatic heterocycles. The van der Waals surface area contributed by atoms with Crippen LogP contribution in [0.15, 0.2) is 29.4 Å². The molecule has 0 aliphatic rings. The highest BCUT2D eigenvalue weighted by Gasteiger charge is 2.24. The van der Waals surface area contributed by atoms with Crippen LogP contribution in [0.25, 0.3) is 5.78 Å². The van der Waals surface area contributed by atoms with E-state index in [1.807, 2.05) is 0 Å². The fourth-order valence-corrected chi connectivity index (χ4v) is 3.70. The minimum Gasteiger partial charge on any atom is -0.378 e. The number of halogens is 1. The van der Waals surface area contributed by atoms with Gasteiger partial charge >= 0.3 is 0 Å². The molecule has 0 saturated heterocycles. The zero-order valence-corrected chi connectivity index (χ0v) is 15.4. The average Bonchev–Trinajstić information content (AvgIpc) is 2.96. The van der Waals surface area contributed by atoms with Crippen LogP contribution in [0.5, 0.6) is 0 Å². The number of nitrogens with zero attached hydrogens (tertiary/aromatic N) is 4. The van der Waals surface area contributed by atoms with Crippen LogP contribution in [0, 0.1) is 13.8 Å². The lowest BCUT2D eigenvalue weighted by Gasteiger charge is -2.09. The van der Waals surface area contributed by atoms with E-state index in [1.54, 1.807) is 38.1 Å². The zero-order chi connectivity index (χ0) is 18.2. The van der Waals surface area contributed by atoms with E-state index < -0.39 is 10.0 Å². The van der Waals surface area contributed by atoms with Crippen LogP contribution < -0.4 is 4.72 Å². The van der Waals surface area contributed by atoms with Gasteiger partial charge in [-0.1, -0.05) is 23.7 Å². The van der Waals surface area contributed by atoms with E-state index in [9.17, 15) is 8.42 Å². The Bertz CT molecular complexity index is 1030. The molecule has 132 valence electrons. The van der Waals surface area contributed by atoms with E-state index in [0.29, 0.717) is 27.7 Å². The van der Waals surface area contributed by atoms with E-state index >= 15 is 0 Å². The van der Waals surface area contributed by atoms with Crippen molar-refractivity contribution in [2.24, 2.45) is 0 Å². The van der Waals surface area contributed by atoms with Gasteiger partial charge < -0.3 is 4.74 Å². The van der Waals surface area contributed by atoms with Crippen molar-refractivity contribution >= 4 is 33.1 Å². The smallest absolute Gasteiger partial charge is 0.299 e. The SMILES string of the molecule is COCc1cc(C)nc2nc(S(=O)(=O)Nc3c(C)cccc3Cl)nn12. The van der Waals surface area contributed by atoms with Crippen LogP contribution in [-0.4, -0.2) is 35.1 Å². The Morgan fingerprint density at radius 1 is 1.28 bits per heavy atom. The molecule has 8 nitrogen and oxygen atoms in total. The normalized spacial score (nSPS) is 11.8. The number of rotatable bonds is 5. The molecule has 2 heterocycles. The summed E-state index contributed by atoms with van der Waals surface area (Å²) in [7, 11) is -2.48. The molecule has 3 rings (SSSR count). The predicted molar refractivity (Wildman–Crippen MR) is 93.2 cm³/mol. The van der Waals surface area contributed by atoms with E-state index in [1.165, 1.54) is 11.6 Å². The van der Waals surface area contributed by atoms with E-state index in [-0.39, 0.29) is 17.5 Å². The van der Waals surface area contributed by atoms with Crippen molar-refractivity contribution in [2.75, 3.05) is 11.8 Å². The molecule has 0 unspecified atom stereocenters. The van der Waals surface area contributed by atoms with Crippen molar-refractivity contribution in [3.05, 3.63) is 46.2 Å².